The van der Waals surface area contributed by atoms with Crippen molar-refractivity contribution in [2.24, 2.45) is 0 Å². The first-order valence-corrected chi connectivity index (χ1v) is 6.44. The molecule has 0 radical (unpaired) electrons. The maximum absolute atomic E-state index is 6.50. The molecule has 2 aromatic carbocycles. The van der Waals surface area contributed by atoms with Crippen LogP contribution in [0.3, 0.4) is 0 Å². The molecule has 0 aliphatic rings. The van der Waals surface area contributed by atoms with Crippen LogP contribution in [0.2, 0.25) is 0 Å². The molecule has 1 unspecified atom stereocenters. The summed E-state index contributed by atoms with van der Waals surface area (Å²) in [7, 11) is 0. The quantitative estimate of drug-likeness (QED) is 0.675. The number of alkyl halides is 1. The van der Waals surface area contributed by atoms with Crippen LogP contribution in [-0.2, 0) is 6.42 Å². The van der Waals surface area contributed by atoms with E-state index < -0.39 is 0 Å². The largest absolute Gasteiger partial charge is 0.113 e. The Kier molecular flexibility index (Phi) is 3.86. The zero-order chi connectivity index (χ0) is 12.3. The molecule has 0 bridgehead atoms. The second kappa shape index (κ2) is 5.37. The van der Waals surface area contributed by atoms with Gasteiger partial charge in [0.15, 0.2) is 0 Å². The Balaban J connectivity index is 2.27. The lowest BCUT2D eigenvalue weighted by Gasteiger charge is -2.11. The molecule has 2 rings (SSSR count). The molecule has 0 saturated carbocycles. The number of aryl methyl sites for hydroxylation is 2. The van der Waals surface area contributed by atoms with Crippen LogP contribution in [0.5, 0.6) is 0 Å². The van der Waals surface area contributed by atoms with Crippen molar-refractivity contribution in [1.29, 1.82) is 0 Å². The third-order valence-corrected chi connectivity index (χ3v) is 3.52. The molecular weight excluding hydrogens is 228 g/mol. The van der Waals surface area contributed by atoms with E-state index >= 15 is 0 Å². The smallest absolute Gasteiger partial charge is 0.0835 e. The molecule has 2 aromatic rings. The molecule has 88 valence electrons. The van der Waals surface area contributed by atoms with Crippen molar-refractivity contribution in [2.75, 3.05) is 0 Å². The van der Waals surface area contributed by atoms with Crippen molar-refractivity contribution in [2.45, 2.75) is 25.6 Å². The molecule has 0 fully saturated rings. The van der Waals surface area contributed by atoms with Gasteiger partial charge in [-0.25, -0.2) is 0 Å². The Hall–Kier alpha value is -1.27. The van der Waals surface area contributed by atoms with E-state index in [0.717, 1.165) is 17.5 Å². The highest BCUT2D eigenvalue weighted by molar-refractivity contribution is 6.22. The minimum Gasteiger partial charge on any atom is -0.113 e. The number of hydrogen-bond donors (Lipinski definition) is 0. The molecule has 0 N–H and O–H groups in total. The second-order valence-corrected chi connectivity index (χ2v) is 4.81. The molecule has 0 amide bonds. The molecule has 0 spiro atoms. The van der Waals surface area contributed by atoms with Crippen LogP contribution in [0.1, 0.15) is 34.6 Å². The van der Waals surface area contributed by atoms with Crippen LogP contribution >= 0.6 is 11.6 Å². The van der Waals surface area contributed by atoms with E-state index in [1.165, 1.54) is 11.1 Å². The number of rotatable bonds is 3. The van der Waals surface area contributed by atoms with Gasteiger partial charge in [0.05, 0.1) is 5.38 Å². The lowest BCUT2D eigenvalue weighted by molar-refractivity contribution is 1.10. The second-order valence-electron chi connectivity index (χ2n) is 4.37. The first-order chi connectivity index (χ1) is 8.20. The van der Waals surface area contributed by atoms with E-state index in [1.807, 2.05) is 0 Å². The Morgan fingerprint density at radius 2 is 1.71 bits per heavy atom. The van der Waals surface area contributed by atoms with Crippen molar-refractivity contribution in [3.8, 4) is 0 Å². The minimum absolute atomic E-state index is 0.0548. The topological polar surface area (TPSA) is 0 Å². The van der Waals surface area contributed by atoms with Gasteiger partial charge in [0.1, 0.15) is 0 Å². The van der Waals surface area contributed by atoms with Crippen molar-refractivity contribution in [1.82, 2.24) is 0 Å². The van der Waals surface area contributed by atoms with Crippen molar-refractivity contribution in [3.63, 3.8) is 0 Å². The van der Waals surface area contributed by atoms with Gasteiger partial charge in [-0.15, -0.1) is 11.6 Å². The van der Waals surface area contributed by atoms with Crippen LogP contribution in [0.25, 0.3) is 0 Å². The van der Waals surface area contributed by atoms with Crippen LogP contribution in [0.15, 0.2) is 48.5 Å². The average Bonchev–Trinajstić information content (AvgIpc) is 2.38. The first-order valence-electron chi connectivity index (χ1n) is 6.00. The maximum atomic E-state index is 6.50. The van der Waals surface area contributed by atoms with Gasteiger partial charge in [0, 0.05) is 0 Å². The van der Waals surface area contributed by atoms with Gasteiger partial charge in [-0.2, -0.15) is 0 Å². The lowest BCUT2D eigenvalue weighted by atomic mass is 10.0. The third kappa shape index (κ3) is 2.89. The minimum atomic E-state index is -0.0548. The average molecular weight is 245 g/mol. The number of hydrogen-bond acceptors (Lipinski definition) is 0. The van der Waals surface area contributed by atoms with Gasteiger partial charge >= 0.3 is 0 Å². The fourth-order valence-electron chi connectivity index (χ4n) is 1.94. The zero-order valence-corrected chi connectivity index (χ0v) is 11.0. The number of halogens is 1. The summed E-state index contributed by atoms with van der Waals surface area (Å²) in [5, 5.41) is -0.0548. The molecule has 17 heavy (non-hydrogen) atoms. The van der Waals surface area contributed by atoms with Crippen molar-refractivity contribution < 1.29 is 0 Å². The Morgan fingerprint density at radius 3 is 2.29 bits per heavy atom. The van der Waals surface area contributed by atoms with Gasteiger partial charge < -0.3 is 0 Å². The van der Waals surface area contributed by atoms with E-state index in [9.17, 15) is 0 Å². The molecule has 0 saturated heterocycles. The Labute approximate surface area is 108 Å². The summed E-state index contributed by atoms with van der Waals surface area (Å²) in [6.07, 6.45) is 1.07. The standard InChI is InChI=1S/C16H17Cl/c1-3-13-7-9-14(10-8-13)16(17)15-6-4-5-12(2)11-15/h4-11,16H,3H2,1-2H3. The molecule has 0 aromatic heterocycles. The van der Waals surface area contributed by atoms with Crippen LogP contribution in [0.4, 0.5) is 0 Å². The van der Waals surface area contributed by atoms with Crippen LogP contribution in [-0.4, -0.2) is 0 Å². The SMILES string of the molecule is CCc1ccc(C(Cl)c2cccc(C)c2)cc1. The third-order valence-electron chi connectivity index (χ3n) is 3.02. The Morgan fingerprint density at radius 1 is 1.00 bits per heavy atom. The highest BCUT2D eigenvalue weighted by Crippen LogP contribution is 2.29. The summed E-state index contributed by atoms with van der Waals surface area (Å²) in [5.74, 6) is 0. The van der Waals surface area contributed by atoms with Crippen molar-refractivity contribution in [3.05, 3.63) is 70.8 Å². The van der Waals surface area contributed by atoms with E-state index in [-0.39, 0.29) is 5.38 Å². The predicted octanol–water partition coefficient (Wildman–Crippen LogP) is 4.89. The lowest BCUT2D eigenvalue weighted by Crippen LogP contribution is -1.94. The summed E-state index contributed by atoms with van der Waals surface area (Å²) in [6.45, 7) is 4.25. The normalized spacial score (nSPS) is 12.4. The fraction of sp³-hybridized carbons (Fsp3) is 0.250. The zero-order valence-electron chi connectivity index (χ0n) is 10.3. The summed E-state index contributed by atoms with van der Waals surface area (Å²) in [6, 6.07) is 16.9. The van der Waals surface area contributed by atoms with Crippen LogP contribution in [0, 0.1) is 6.92 Å². The molecule has 0 heterocycles. The van der Waals surface area contributed by atoms with E-state index in [0.29, 0.717) is 0 Å². The van der Waals surface area contributed by atoms with Crippen LogP contribution < -0.4 is 0 Å². The molecular formula is C16H17Cl. The highest BCUT2D eigenvalue weighted by Gasteiger charge is 2.10. The molecule has 0 nitrogen and oxygen atoms in total. The van der Waals surface area contributed by atoms with Gasteiger partial charge in [-0.3, -0.25) is 0 Å². The summed E-state index contributed by atoms with van der Waals surface area (Å²) in [4.78, 5) is 0. The monoisotopic (exact) mass is 244 g/mol. The fourth-order valence-corrected chi connectivity index (χ4v) is 2.22. The van der Waals surface area contributed by atoms with Gasteiger partial charge in [0.25, 0.3) is 0 Å². The van der Waals surface area contributed by atoms with Crippen molar-refractivity contribution >= 4 is 11.6 Å². The molecule has 1 atom stereocenters. The van der Waals surface area contributed by atoms with Gasteiger partial charge in [0.2, 0.25) is 0 Å². The van der Waals surface area contributed by atoms with Gasteiger partial charge in [-0.1, -0.05) is 61.0 Å². The molecule has 1 heteroatoms. The predicted molar refractivity (Wildman–Crippen MR) is 74.7 cm³/mol. The maximum Gasteiger partial charge on any atom is 0.0835 e. The number of benzene rings is 2. The molecule has 0 aliphatic heterocycles. The highest BCUT2D eigenvalue weighted by atomic mass is 35.5. The van der Waals surface area contributed by atoms with E-state index in [4.69, 9.17) is 11.6 Å². The summed E-state index contributed by atoms with van der Waals surface area (Å²) in [5.41, 5.74) is 4.92. The van der Waals surface area contributed by atoms with E-state index in [1.54, 1.807) is 0 Å². The Bertz CT molecular complexity index is 485. The van der Waals surface area contributed by atoms with Gasteiger partial charge in [-0.05, 0) is 30.0 Å². The summed E-state index contributed by atoms with van der Waals surface area (Å²) >= 11 is 6.50. The first kappa shape index (κ1) is 12.2. The van der Waals surface area contributed by atoms with E-state index in [2.05, 4.69) is 62.4 Å². The summed E-state index contributed by atoms with van der Waals surface area (Å²) < 4.78 is 0. The molecule has 0 aliphatic carbocycles.